The summed E-state index contributed by atoms with van der Waals surface area (Å²) in [6.45, 7) is 19.8. The number of benzene rings is 7. The summed E-state index contributed by atoms with van der Waals surface area (Å²) in [6.07, 6.45) is 26.7. The number of halogens is 3. The number of alkyl halides is 3. The number of aryl methyl sites for hydroxylation is 9. The zero-order chi connectivity index (χ0) is 102. The number of H-pyrrole nitrogens is 2. The molecule has 29 heteroatoms. The first kappa shape index (κ1) is 113. The predicted molar refractivity (Wildman–Crippen MR) is 568 cm³/mol. The molecule has 0 aliphatic carbocycles. The maximum Gasteiger partial charge on any atom is 0.331 e. The van der Waals surface area contributed by atoms with E-state index in [0.29, 0.717) is 72.6 Å². The number of aliphatic hydroxyl groups excluding tert-OH is 2. The number of hydrogen-bond donors (Lipinski definition) is 4. The number of aromatic amines is 2. The van der Waals surface area contributed by atoms with E-state index in [0.717, 1.165) is 156 Å². The number of aliphatic hydroxyl groups is 2. The lowest BCUT2D eigenvalue weighted by molar-refractivity contribution is 0.282. The van der Waals surface area contributed by atoms with Gasteiger partial charge in [0.1, 0.15) is 0 Å². The molecule has 7 aromatic carbocycles. The van der Waals surface area contributed by atoms with Crippen molar-refractivity contribution in [3.05, 3.63) is 443 Å². The first-order valence-electron chi connectivity index (χ1n) is 46.7. The Morgan fingerprint density at radius 1 is 0.273 bits per heavy atom. The van der Waals surface area contributed by atoms with Gasteiger partial charge in [0.05, 0.1) is 39.3 Å². The maximum atomic E-state index is 12.1. The molecule has 0 aliphatic heterocycles. The first-order chi connectivity index (χ1) is 66.6. The summed E-state index contributed by atoms with van der Waals surface area (Å²) in [4.78, 5) is 146. The standard InChI is InChI=1S/C19H22N2O3.C19H22N2O2.C18H24N2O3.C18H24N2O2.C14H15BrN2O2.C14H16N2O2.C8H8Br2/c1-15-13-21(19(24)20(2)18(15)23)14-17-10-8-16(9-11-17)7-5-3-4-6-12-22;1-4-5-6-7-8-16-9-11-17(12-10-16)14-21-13-15(2)18(22)20(3)19(21)23;1-14-12-20(18(23)19-17(14)22)13-16-9-7-15(8-10-16)6-4-2-3-5-11-21;1-3-4-5-6-7-15-8-10-16(11-9-15)13-20-12-14(2)17(21)19-18(20)22;1-10-8-17(14(19)16(2)13(10)18)9-12-5-3-11(7-15)4-6-12;1-10-4-6-12(7-5-10)9-16-8-11(2)13(17)15(3)14(16)18;9-5-7-1-2-8(6-10)4-3-7/h8-11,13,22H,3-4,6,12,14H2,1-2H3;9-13H,4-6,14H2,1-3H3;7-10,12,21H,2-6,11,13H2,1H3,(H,19,22,23);8-12H,3-7,13H2,1-2H3,(H,19,21,22);3-6,8H,7,9H2,1-2H3;4-8H,9H2,1-3H3;1-4H,5-6H2. The summed E-state index contributed by atoms with van der Waals surface area (Å²) >= 11 is 10.2. The summed E-state index contributed by atoms with van der Waals surface area (Å²) in [7, 11) is 6.00. The quantitative estimate of drug-likeness (QED) is 0.0178. The van der Waals surface area contributed by atoms with Crippen LogP contribution < -0.4 is 67.5 Å². The van der Waals surface area contributed by atoms with E-state index in [1.807, 2.05) is 116 Å². The van der Waals surface area contributed by atoms with E-state index >= 15 is 0 Å². The monoisotopic (exact) mass is 2080 g/mol. The molecule has 0 saturated carbocycles. The predicted octanol–water partition coefficient (Wildman–Crippen LogP) is 15.4. The average Bonchev–Trinajstić information content (AvgIpc) is 0.822. The number of nitrogens with zero attached hydrogens (tertiary/aromatic N) is 10. The van der Waals surface area contributed by atoms with Crippen molar-refractivity contribution in [3.8, 4) is 23.7 Å². The van der Waals surface area contributed by atoms with Crippen molar-refractivity contribution >= 4 is 47.8 Å². The van der Waals surface area contributed by atoms with Crippen LogP contribution in [0.3, 0.4) is 0 Å². The summed E-state index contributed by atoms with van der Waals surface area (Å²) < 4.78 is 13.8. The van der Waals surface area contributed by atoms with Crippen LogP contribution in [0.1, 0.15) is 215 Å². The van der Waals surface area contributed by atoms with Gasteiger partial charge in [0, 0.05) is 152 Å². The summed E-state index contributed by atoms with van der Waals surface area (Å²) in [5.74, 6) is 12.5. The molecule has 13 aromatic rings. The topological polar surface area (TPSA) is 326 Å². The highest BCUT2D eigenvalue weighted by Crippen LogP contribution is 2.17. The molecule has 736 valence electrons. The number of nitrogens with one attached hydrogen (secondary N) is 2. The molecule has 0 fully saturated rings. The normalized spacial score (nSPS) is 10.5. The van der Waals surface area contributed by atoms with Gasteiger partial charge in [0.15, 0.2) is 0 Å². The van der Waals surface area contributed by atoms with Crippen LogP contribution in [0.15, 0.2) is 265 Å². The minimum atomic E-state index is -0.381. The first-order valence-corrected chi connectivity index (χ1v) is 50.1. The molecular weight excluding hydrogens is 1950 g/mol. The van der Waals surface area contributed by atoms with Gasteiger partial charge in [-0.15, -0.1) is 0 Å². The molecule has 26 nitrogen and oxygen atoms in total. The van der Waals surface area contributed by atoms with Crippen LogP contribution >= 0.6 is 47.8 Å². The molecule has 6 aromatic heterocycles. The van der Waals surface area contributed by atoms with E-state index in [2.05, 4.69) is 156 Å². The number of aromatic nitrogens is 12. The largest absolute Gasteiger partial charge is 0.396 e. The van der Waals surface area contributed by atoms with E-state index < -0.39 is 0 Å². The molecule has 0 bridgehead atoms. The Kier molecular flexibility index (Phi) is 48.3. The minimum Gasteiger partial charge on any atom is -0.396 e. The Morgan fingerprint density at radius 3 is 0.799 bits per heavy atom. The molecule has 4 N–H and O–H groups in total. The van der Waals surface area contributed by atoms with Gasteiger partial charge in [-0.25, -0.2) is 28.8 Å². The van der Waals surface area contributed by atoms with Crippen LogP contribution in [0.25, 0.3) is 0 Å². The van der Waals surface area contributed by atoms with Crippen molar-refractivity contribution in [1.82, 2.24) is 55.6 Å². The molecule has 0 radical (unpaired) electrons. The molecule has 0 atom stereocenters. The van der Waals surface area contributed by atoms with Gasteiger partial charge in [-0.3, -0.25) is 84.4 Å². The smallest absolute Gasteiger partial charge is 0.331 e. The summed E-state index contributed by atoms with van der Waals surface area (Å²) in [5, 5.41) is 20.1. The van der Waals surface area contributed by atoms with Gasteiger partial charge in [-0.1, -0.05) is 275 Å². The van der Waals surface area contributed by atoms with E-state index in [1.54, 1.807) is 92.4 Å². The Balaban J connectivity index is 0.000000223. The number of rotatable bonds is 31. The highest BCUT2D eigenvalue weighted by Gasteiger charge is 2.13. The zero-order valence-electron chi connectivity index (χ0n) is 82.1. The van der Waals surface area contributed by atoms with Crippen LogP contribution in [0.2, 0.25) is 0 Å². The third-order valence-electron chi connectivity index (χ3n) is 22.7. The molecule has 6 heterocycles. The third-order valence-corrected chi connectivity index (χ3v) is 24.6. The van der Waals surface area contributed by atoms with Gasteiger partial charge in [-0.2, -0.15) is 0 Å². The lowest BCUT2D eigenvalue weighted by atomic mass is 10.0. The molecule has 0 saturated heterocycles. The van der Waals surface area contributed by atoms with E-state index in [4.69, 9.17) is 10.2 Å². The van der Waals surface area contributed by atoms with Crippen molar-refractivity contribution in [2.75, 3.05) is 13.2 Å². The Labute approximate surface area is 836 Å². The number of unbranched alkanes of at least 4 members (excludes halogenated alkanes) is 10. The molecule has 139 heavy (non-hydrogen) atoms. The SMILES string of the molecule is BrCc1ccc(CBr)cc1.CCCCC#Cc1ccc(Cn2cc(C)c(=O)n(C)c2=O)cc1.CCCCCCc1ccc(Cn2cc(C)c(=O)[nH]c2=O)cc1.Cc1ccc(Cn2cc(C)c(=O)n(C)c2=O)cc1.Cc1cn(Cc2ccc(C#CCCCCO)cc2)c(=O)n(C)c1=O.Cc1cn(Cc2ccc(CBr)cc2)c(=O)n(C)c1=O.Cc1cn(Cc2ccc(CCCCCCO)cc2)c(=O)[nH]c1=O. The third kappa shape index (κ3) is 37.4. The Bertz CT molecular complexity index is 7040. The van der Waals surface area contributed by atoms with E-state index in [9.17, 15) is 57.5 Å². The molecular formula is C110H131Br3N12O14. The minimum absolute atomic E-state index is 0.209. The van der Waals surface area contributed by atoms with Crippen molar-refractivity contribution in [2.45, 2.75) is 220 Å². The van der Waals surface area contributed by atoms with E-state index in [-0.39, 0.29) is 80.7 Å². The maximum absolute atomic E-state index is 12.1. The van der Waals surface area contributed by atoms with Gasteiger partial charge in [0.25, 0.3) is 33.4 Å². The highest BCUT2D eigenvalue weighted by atomic mass is 79.9. The van der Waals surface area contributed by atoms with Crippen molar-refractivity contribution in [3.63, 3.8) is 0 Å². The van der Waals surface area contributed by atoms with Crippen LogP contribution in [0.4, 0.5) is 0 Å². The number of hydrogen-bond acceptors (Lipinski definition) is 14. The second kappa shape index (κ2) is 59.4. The average molecular weight is 2090 g/mol. The van der Waals surface area contributed by atoms with Gasteiger partial charge in [-0.05, 0) is 185 Å². The Hall–Kier alpha value is -12.9. The van der Waals surface area contributed by atoms with Gasteiger partial charge >= 0.3 is 34.1 Å². The fraction of sp³-hybridized carbons (Fsp3) is 0.364. The van der Waals surface area contributed by atoms with Gasteiger partial charge in [0.2, 0.25) is 0 Å². The lowest BCUT2D eigenvalue weighted by Crippen LogP contribution is -2.38. The van der Waals surface area contributed by atoms with Crippen molar-refractivity contribution in [1.29, 1.82) is 0 Å². The zero-order valence-corrected chi connectivity index (χ0v) is 86.9. The molecule has 0 amide bonds. The second-order valence-corrected chi connectivity index (χ2v) is 36.1. The summed E-state index contributed by atoms with van der Waals surface area (Å²) in [5.41, 5.74) is 15.4. The fourth-order valence-electron chi connectivity index (χ4n) is 14.3. The van der Waals surface area contributed by atoms with Crippen molar-refractivity contribution < 1.29 is 10.2 Å². The van der Waals surface area contributed by atoms with E-state index in [1.165, 1.54) is 101 Å². The Morgan fingerprint density at radius 2 is 0.511 bits per heavy atom. The van der Waals surface area contributed by atoms with Crippen molar-refractivity contribution in [2.24, 2.45) is 28.2 Å². The lowest BCUT2D eigenvalue weighted by Gasteiger charge is -2.09. The molecule has 0 aliphatic rings. The van der Waals surface area contributed by atoms with Crippen LogP contribution in [-0.4, -0.2) is 79.1 Å². The molecule has 13 rings (SSSR count). The van der Waals surface area contributed by atoms with Crippen LogP contribution in [-0.2, 0) is 96.3 Å². The summed E-state index contributed by atoms with van der Waals surface area (Å²) in [6, 6.07) is 56.7. The molecule has 0 spiro atoms. The molecule has 0 unspecified atom stereocenters. The van der Waals surface area contributed by atoms with Gasteiger partial charge < -0.3 is 10.2 Å². The van der Waals surface area contributed by atoms with Crippen LogP contribution in [0.5, 0.6) is 0 Å². The fourth-order valence-corrected chi connectivity index (χ4v) is 15.4. The highest BCUT2D eigenvalue weighted by molar-refractivity contribution is 9.09. The second-order valence-electron chi connectivity index (χ2n) is 34.4. The van der Waals surface area contributed by atoms with Crippen LogP contribution in [0, 0.1) is 72.1 Å².